The van der Waals surface area contributed by atoms with Gasteiger partial charge in [-0.1, -0.05) is 47.6 Å². The van der Waals surface area contributed by atoms with Gasteiger partial charge >= 0.3 is 6.03 Å². The number of nitrogens with one attached hydrogen (secondary N) is 1. The number of benzene rings is 2. The van der Waals surface area contributed by atoms with Crippen molar-refractivity contribution in [1.29, 1.82) is 0 Å². The Labute approximate surface area is 151 Å². The molecule has 1 saturated heterocycles. The third kappa shape index (κ3) is 3.31. The highest BCUT2D eigenvalue weighted by atomic mass is 16.5. The Bertz CT molecular complexity index is 907. The molecule has 6 heteroatoms. The number of carbonyl (C=O) groups is 1. The topological polar surface area (TPSA) is 71.3 Å². The van der Waals surface area contributed by atoms with E-state index in [1.807, 2.05) is 61.5 Å². The highest BCUT2D eigenvalue weighted by molar-refractivity contribution is 5.89. The SMILES string of the molecule is Cc1cccc(NC(=O)N2CCC[C@@H]2c2nc(-c3ccccc3)no2)c1. The lowest BCUT2D eigenvalue weighted by Gasteiger charge is -2.22. The molecule has 1 fully saturated rings. The van der Waals surface area contributed by atoms with Gasteiger partial charge in [-0.15, -0.1) is 0 Å². The summed E-state index contributed by atoms with van der Waals surface area (Å²) < 4.78 is 5.47. The predicted molar refractivity (Wildman–Crippen MR) is 98.6 cm³/mol. The summed E-state index contributed by atoms with van der Waals surface area (Å²) >= 11 is 0. The van der Waals surface area contributed by atoms with E-state index in [-0.39, 0.29) is 12.1 Å². The number of hydrogen-bond donors (Lipinski definition) is 1. The zero-order chi connectivity index (χ0) is 17.9. The molecule has 1 aliphatic heterocycles. The fourth-order valence-corrected chi connectivity index (χ4v) is 3.26. The molecule has 0 unspecified atom stereocenters. The molecule has 4 rings (SSSR count). The van der Waals surface area contributed by atoms with Crippen LogP contribution in [0.1, 0.15) is 30.3 Å². The fraction of sp³-hybridized carbons (Fsp3) is 0.250. The minimum absolute atomic E-state index is 0.141. The van der Waals surface area contributed by atoms with Gasteiger partial charge in [0.25, 0.3) is 0 Å². The van der Waals surface area contributed by atoms with Gasteiger partial charge in [-0.25, -0.2) is 4.79 Å². The quantitative estimate of drug-likeness (QED) is 0.761. The van der Waals surface area contributed by atoms with Gasteiger partial charge in [-0.05, 0) is 37.5 Å². The normalized spacial score (nSPS) is 16.7. The zero-order valence-corrected chi connectivity index (χ0v) is 14.6. The molecular weight excluding hydrogens is 328 g/mol. The molecule has 0 saturated carbocycles. The summed E-state index contributed by atoms with van der Waals surface area (Å²) in [5.41, 5.74) is 2.79. The molecule has 2 amide bonds. The van der Waals surface area contributed by atoms with Gasteiger partial charge in [0.1, 0.15) is 6.04 Å². The number of rotatable bonds is 3. The summed E-state index contributed by atoms with van der Waals surface area (Å²) in [7, 11) is 0. The maximum atomic E-state index is 12.7. The van der Waals surface area contributed by atoms with Gasteiger partial charge in [0.15, 0.2) is 0 Å². The number of aromatic nitrogens is 2. The minimum Gasteiger partial charge on any atom is -0.337 e. The van der Waals surface area contributed by atoms with E-state index in [9.17, 15) is 4.79 Å². The van der Waals surface area contributed by atoms with Crippen molar-refractivity contribution in [2.75, 3.05) is 11.9 Å². The van der Waals surface area contributed by atoms with E-state index in [1.165, 1.54) is 0 Å². The first kappa shape index (κ1) is 16.3. The molecule has 2 aromatic carbocycles. The zero-order valence-electron chi connectivity index (χ0n) is 14.6. The summed E-state index contributed by atoms with van der Waals surface area (Å²) in [5.74, 6) is 1.03. The lowest BCUT2D eigenvalue weighted by atomic mass is 10.2. The maximum Gasteiger partial charge on any atom is 0.322 e. The first-order valence-electron chi connectivity index (χ1n) is 8.74. The predicted octanol–water partition coefficient (Wildman–Crippen LogP) is 4.41. The average Bonchev–Trinajstić information content (AvgIpc) is 3.32. The number of nitrogens with zero attached hydrogens (tertiary/aromatic N) is 3. The number of urea groups is 1. The molecule has 132 valence electrons. The largest absolute Gasteiger partial charge is 0.337 e. The van der Waals surface area contributed by atoms with Crippen molar-refractivity contribution in [3.63, 3.8) is 0 Å². The average molecular weight is 348 g/mol. The lowest BCUT2D eigenvalue weighted by molar-refractivity contribution is 0.193. The molecule has 1 aromatic heterocycles. The molecular formula is C20H20N4O2. The van der Waals surface area contributed by atoms with E-state index in [2.05, 4.69) is 15.5 Å². The van der Waals surface area contributed by atoms with Crippen LogP contribution in [0.5, 0.6) is 0 Å². The van der Waals surface area contributed by atoms with Gasteiger partial charge in [0.2, 0.25) is 11.7 Å². The molecule has 1 aliphatic rings. The summed E-state index contributed by atoms with van der Waals surface area (Å²) in [4.78, 5) is 19.0. The van der Waals surface area contributed by atoms with Crippen LogP contribution in [0.4, 0.5) is 10.5 Å². The second kappa shape index (κ2) is 7.00. The van der Waals surface area contributed by atoms with Crippen LogP contribution in [-0.2, 0) is 0 Å². The van der Waals surface area contributed by atoms with Crippen LogP contribution in [-0.4, -0.2) is 27.6 Å². The number of carbonyl (C=O) groups excluding carboxylic acids is 1. The van der Waals surface area contributed by atoms with Crippen molar-refractivity contribution in [1.82, 2.24) is 15.0 Å². The van der Waals surface area contributed by atoms with Crippen molar-refractivity contribution < 1.29 is 9.32 Å². The minimum atomic E-state index is -0.190. The van der Waals surface area contributed by atoms with Gasteiger partial charge in [0, 0.05) is 17.8 Å². The van der Waals surface area contributed by atoms with Crippen LogP contribution in [0.2, 0.25) is 0 Å². The molecule has 0 radical (unpaired) electrons. The Morgan fingerprint density at radius 2 is 2.04 bits per heavy atom. The van der Waals surface area contributed by atoms with Crippen molar-refractivity contribution in [2.45, 2.75) is 25.8 Å². The highest BCUT2D eigenvalue weighted by Crippen LogP contribution is 2.32. The van der Waals surface area contributed by atoms with E-state index in [0.717, 1.165) is 29.7 Å². The first-order valence-corrected chi connectivity index (χ1v) is 8.74. The first-order chi connectivity index (χ1) is 12.7. The van der Waals surface area contributed by atoms with Crippen LogP contribution >= 0.6 is 0 Å². The van der Waals surface area contributed by atoms with Crippen LogP contribution in [0.3, 0.4) is 0 Å². The van der Waals surface area contributed by atoms with E-state index in [1.54, 1.807) is 4.90 Å². The molecule has 0 aliphatic carbocycles. The van der Waals surface area contributed by atoms with E-state index >= 15 is 0 Å². The maximum absolute atomic E-state index is 12.7. The Morgan fingerprint density at radius 3 is 2.85 bits per heavy atom. The van der Waals surface area contributed by atoms with Crippen LogP contribution < -0.4 is 5.32 Å². The van der Waals surface area contributed by atoms with E-state index in [0.29, 0.717) is 18.3 Å². The Hall–Kier alpha value is -3.15. The van der Waals surface area contributed by atoms with Gasteiger partial charge < -0.3 is 14.7 Å². The van der Waals surface area contributed by atoms with Gasteiger partial charge in [0.05, 0.1) is 0 Å². The summed E-state index contributed by atoms with van der Waals surface area (Å²) in [5, 5.41) is 7.04. The van der Waals surface area contributed by atoms with Crippen molar-refractivity contribution >= 4 is 11.7 Å². The van der Waals surface area contributed by atoms with Crippen molar-refractivity contribution in [3.8, 4) is 11.4 Å². The second-order valence-electron chi connectivity index (χ2n) is 6.47. The standard InChI is InChI=1S/C20H20N4O2/c1-14-7-5-10-16(13-14)21-20(25)24-12-6-11-17(24)19-22-18(23-26-19)15-8-3-2-4-9-15/h2-5,7-10,13,17H,6,11-12H2,1H3,(H,21,25)/t17-/m1/s1. The van der Waals surface area contributed by atoms with Gasteiger partial charge in [-0.3, -0.25) is 0 Å². The molecule has 1 N–H and O–H groups in total. The Morgan fingerprint density at radius 1 is 1.19 bits per heavy atom. The molecule has 0 spiro atoms. The van der Waals surface area contributed by atoms with Crippen molar-refractivity contribution in [3.05, 3.63) is 66.1 Å². The molecule has 26 heavy (non-hydrogen) atoms. The number of hydrogen-bond acceptors (Lipinski definition) is 4. The number of amides is 2. The number of likely N-dealkylation sites (tertiary alicyclic amines) is 1. The van der Waals surface area contributed by atoms with Gasteiger partial charge in [-0.2, -0.15) is 4.98 Å². The number of anilines is 1. The lowest BCUT2D eigenvalue weighted by Crippen LogP contribution is -2.34. The Kier molecular flexibility index (Phi) is 4.39. The molecule has 1 atom stereocenters. The Balaban J connectivity index is 1.51. The smallest absolute Gasteiger partial charge is 0.322 e. The third-order valence-corrected chi connectivity index (χ3v) is 4.54. The molecule has 0 bridgehead atoms. The van der Waals surface area contributed by atoms with E-state index in [4.69, 9.17) is 4.52 Å². The summed E-state index contributed by atoms with van der Waals surface area (Å²) in [6, 6.07) is 17.1. The second-order valence-corrected chi connectivity index (χ2v) is 6.47. The highest BCUT2D eigenvalue weighted by Gasteiger charge is 2.34. The van der Waals surface area contributed by atoms with Crippen LogP contribution in [0, 0.1) is 6.92 Å². The van der Waals surface area contributed by atoms with Crippen LogP contribution in [0.25, 0.3) is 11.4 Å². The summed E-state index contributed by atoms with van der Waals surface area (Å²) in [6.07, 6.45) is 1.73. The number of aryl methyl sites for hydroxylation is 1. The van der Waals surface area contributed by atoms with Crippen molar-refractivity contribution in [2.24, 2.45) is 0 Å². The monoisotopic (exact) mass is 348 g/mol. The fourth-order valence-electron chi connectivity index (χ4n) is 3.26. The molecule has 6 nitrogen and oxygen atoms in total. The summed E-state index contributed by atoms with van der Waals surface area (Å²) in [6.45, 7) is 2.67. The molecule has 2 heterocycles. The van der Waals surface area contributed by atoms with Crippen LogP contribution in [0.15, 0.2) is 59.1 Å². The third-order valence-electron chi connectivity index (χ3n) is 4.54. The van der Waals surface area contributed by atoms with E-state index < -0.39 is 0 Å². The molecule has 3 aromatic rings.